The van der Waals surface area contributed by atoms with Crippen LogP contribution in [0.15, 0.2) is 36.4 Å². The summed E-state index contributed by atoms with van der Waals surface area (Å²) in [7, 11) is 0. The second-order valence-corrected chi connectivity index (χ2v) is 4.35. The lowest BCUT2D eigenvalue weighted by Crippen LogP contribution is -2.16. The van der Waals surface area contributed by atoms with E-state index < -0.39 is 0 Å². The molecule has 0 fully saturated rings. The molecular weight excluding hydrogens is 220 g/mol. The van der Waals surface area contributed by atoms with E-state index >= 15 is 0 Å². The Balaban J connectivity index is 2.08. The van der Waals surface area contributed by atoms with Crippen LogP contribution >= 0.6 is 11.6 Å². The maximum Gasteiger partial charge on any atom is 0.0564 e. The van der Waals surface area contributed by atoms with E-state index in [1.807, 2.05) is 18.2 Å². The molecule has 2 nitrogen and oxygen atoms in total. The summed E-state index contributed by atoms with van der Waals surface area (Å²) in [4.78, 5) is 0. The smallest absolute Gasteiger partial charge is 0.0564 e. The second kappa shape index (κ2) is 4.62. The van der Waals surface area contributed by atoms with Crippen LogP contribution in [-0.2, 0) is 6.54 Å². The normalized spacial score (nSPS) is 10.4. The molecule has 1 aromatic heterocycles. The molecule has 1 N–H and O–H groups in total. The van der Waals surface area contributed by atoms with E-state index in [2.05, 4.69) is 42.1 Å². The summed E-state index contributed by atoms with van der Waals surface area (Å²) in [5.74, 6) is 0. The Morgan fingerprint density at radius 3 is 2.44 bits per heavy atom. The highest BCUT2D eigenvalue weighted by molar-refractivity contribution is 6.30. The Hall–Kier alpha value is -1.41. The molecule has 0 amide bonds. The third kappa shape index (κ3) is 2.39. The Labute approximate surface area is 101 Å². The first-order valence-corrected chi connectivity index (χ1v) is 5.68. The number of nitrogens with one attached hydrogen (secondary N) is 1. The minimum Gasteiger partial charge on any atom is -0.322 e. The molecule has 0 radical (unpaired) electrons. The molecule has 16 heavy (non-hydrogen) atoms. The van der Waals surface area contributed by atoms with Gasteiger partial charge in [-0.05, 0) is 43.7 Å². The van der Waals surface area contributed by atoms with Crippen molar-refractivity contribution in [3.8, 4) is 0 Å². The zero-order valence-electron chi connectivity index (χ0n) is 9.50. The molecule has 3 heteroatoms. The Bertz CT molecular complexity index is 469. The van der Waals surface area contributed by atoms with Crippen LogP contribution in [0.2, 0.25) is 5.02 Å². The summed E-state index contributed by atoms with van der Waals surface area (Å²) in [5, 5.41) is 0.778. The van der Waals surface area contributed by atoms with E-state index in [4.69, 9.17) is 11.6 Å². The molecule has 2 aromatic rings. The van der Waals surface area contributed by atoms with Gasteiger partial charge in [-0.3, -0.25) is 4.68 Å². The van der Waals surface area contributed by atoms with Crippen LogP contribution in [0.4, 0.5) is 0 Å². The summed E-state index contributed by atoms with van der Waals surface area (Å²) < 4.78 is 2.08. The predicted octanol–water partition coefficient (Wildman–Crippen LogP) is 3.50. The highest BCUT2D eigenvalue weighted by Gasteiger charge is 2.00. The van der Waals surface area contributed by atoms with E-state index in [-0.39, 0.29) is 0 Å². The van der Waals surface area contributed by atoms with Gasteiger partial charge in [-0.2, -0.15) is 0 Å². The number of hydrogen-bond acceptors (Lipinski definition) is 1. The fourth-order valence-electron chi connectivity index (χ4n) is 1.74. The van der Waals surface area contributed by atoms with Gasteiger partial charge in [0.05, 0.1) is 6.54 Å². The second-order valence-electron chi connectivity index (χ2n) is 3.92. The van der Waals surface area contributed by atoms with Gasteiger partial charge < -0.3 is 5.43 Å². The van der Waals surface area contributed by atoms with Crippen molar-refractivity contribution < 1.29 is 0 Å². The molecule has 2 rings (SSSR count). The average molecular weight is 235 g/mol. The van der Waals surface area contributed by atoms with Gasteiger partial charge in [0.25, 0.3) is 0 Å². The van der Waals surface area contributed by atoms with Crippen molar-refractivity contribution in [1.29, 1.82) is 0 Å². The van der Waals surface area contributed by atoms with Crippen LogP contribution < -0.4 is 5.43 Å². The quantitative estimate of drug-likeness (QED) is 0.860. The number of aryl methyl sites for hydroxylation is 2. The van der Waals surface area contributed by atoms with Crippen LogP contribution in [0.5, 0.6) is 0 Å². The monoisotopic (exact) mass is 234 g/mol. The van der Waals surface area contributed by atoms with Crippen molar-refractivity contribution in [3.05, 3.63) is 58.4 Å². The first-order valence-electron chi connectivity index (χ1n) is 5.30. The molecular formula is C13H15ClN2. The van der Waals surface area contributed by atoms with Crippen molar-refractivity contribution in [2.24, 2.45) is 0 Å². The molecule has 1 heterocycles. The first-order chi connectivity index (χ1) is 7.66. The zero-order valence-corrected chi connectivity index (χ0v) is 10.3. The summed E-state index contributed by atoms with van der Waals surface area (Å²) >= 11 is 5.93. The minimum absolute atomic E-state index is 0.775. The number of hydrogen-bond donors (Lipinski definition) is 1. The number of aromatic nitrogens is 1. The molecule has 0 aliphatic rings. The van der Waals surface area contributed by atoms with Crippen molar-refractivity contribution in [2.45, 2.75) is 20.4 Å². The number of rotatable bonds is 3. The average Bonchev–Trinajstić information content (AvgIpc) is 2.56. The van der Waals surface area contributed by atoms with Crippen LogP contribution in [0.25, 0.3) is 0 Å². The van der Waals surface area contributed by atoms with Gasteiger partial charge in [-0.1, -0.05) is 23.7 Å². The minimum atomic E-state index is 0.775. The fourth-order valence-corrected chi connectivity index (χ4v) is 1.95. The molecule has 1 aromatic carbocycles. The lowest BCUT2D eigenvalue weighted by atomic mass is 10.2. The van der Waals surface area contributed by atoms with Gasteiger partial charge in [0.2, 0.25) is 0 Å². The van der Waals surface area contributed by atoms with Gasteiger partial charge in [-0.25, -0.2) is 0 Å². The summed E-state index contributed by atoms with van der Waals surface area (Å²) in [6, 6.07) is 12.1. The lowest BCUT2D eigenvalue weighted by Gasteiger charge is -2.12. The third-order valence-electron chi connectivity index (χ3n) is 2.60. The van der Waals surface area contributed by atoms with Crippen molar-refractivity contribution in [1.82, 2.24) is 4.68 Å². The van der Waals surface area contributed by atoms with Crippen molar-refractivity contribution >= 4 is 11.6 Å². The zero-order chi connectivity index (χ0) is 11.5. The van der Waals surface area contributed by atoms with E-state index in [0.29, 0.717) is 0 Å². The molecule has 0 atom stereocenters. The van der Waals surface area contributed by atoms with E-state index in [0.717, 1.165) is 11.6 Å². The number of benzene rings is 1. The van der Waals surface area contributed by atoms with Gasteiger partial charge in [0.15, 0.2) is 0 Å². The highest BCUT2D eigenvalue weighted by atomic mass is 35.5. The van der Waals surface area contributed by atoms with Crippen molar-refractivity contribution in [2.75, 3.05) is 5.43 Å². The van der Waals surface area contributed by atoms with Crippen molar-refractivity contribution in [3.63, 3.8) is 0 Å². The Kier molecular flexibility index (Phi) is 3.20. The largest absolute Gasteiger partial charge is 0.322 e. The van der Waals surface area contributed by atoms with Crippen LogP contribution in [0, 0.1) is 13.8 Å². The molecule has 0 aliphatic heterocycles. The number of halogens is 1. The summed E-state index contributed by atoms with van der Waals surface area (Å²) in [5.41, 5.74) is 6.96. The third-order valence-corrected chi connectivity index (χ3v) is 2.84. The van der Waals surface area contributed by atoms with Crippen LogP contribution in [-0.4, -0.2) is 4.68 Å². The predicted molar refractivity (Wildman–Crippen MR) is 68.4 cm³/mol. The fraction of sp³-hybridized carbons (Fsp3) is 0.231. The summed E-state index contributed by atoms with van der Waals surface area (Å²) in [6.07, 6.45) is 0. The van der Waals surface area contributed by atoms with Crippen LogP contribution in [0.3, 0.4) is 0 Å². The van der Waals surface area contributed by atoms with Gasteiger partial charge in [0.1, 0.15) is 0 Å². The highest BCUT2D eigenvalue weighted by Crippen LogP contribution is 2.11. The van der Waals surface area contributed by atoms with Gasteiger partial charge >= 0.3 is 0 Å². The molecule has 0 spiro atoms. The van der Waals surface area contributed by atoms with E-state index in [1.54, 1.807) is 0 Å². The molecule has 0 saturated heterocycles. The Morgan fingerprint density at radius 2 is 1.81 bits per heavy atom. The maximum absolute atomic E-state index is 5.93. The number of nitrogens with zero attached hydrogens (tertiary/aromatic N) is 1. The molecule has 0 aliphatic carbocycles. The SMILES string of the molecule is Cc1ccc(C)n1NCc1cccc(Cl)c1. The molecule has 0 bridgehead atoms. The van der Waals surface area contributed by atoms with Crippen LogP contribution in [0.1, 0.15) is 17.0 Å². The van der Waals surface area contributed by atoms with E-state index in [1.165, 1.54) is 17.0 Å². The lowest BCUT2D eigenvalue weighted by molar-refractivity contribution is 0.792. The molecule has 0 saturated carbocycles. The maximum atomic E-state index is 5.93. The molecule has 84 valence electrons. The standard InChI is InChI=1S/C13H15ClN2/c1-10-6-7-11(2)16(10)15-9-12-4-3-5-13(14)8-12/h3-8,15H,9H2,1-2H3. The topological polar surface area (TPSA) is 17.0 Å². The van der Waals surface area contributed by atoms with E-state index in [9.17, 15) is 0 Å². The van der Waals surface area contributed by atoms with Gasteiger partial charge in [0, 0.05) is 16.4 Å². The molecule has 0 unspecified atom stereocenters. The summed E-state index contributed by atoms with van der Waals surface area (Å²) in [6.45, 7) is 4.94. The Morgan fingerprint density at radius 1 is 1.12 bits per heavy atom. The van der Waals surface area contributed by atoms with Gasteiger partial charge in [-0.15, -0.1) is 0 Å². The first kappa shape index (κ1) is 11.1.